The van der Waals surface area contributed by atoms with Crippen LogP contribution in [0.25, 0.3) is 0 Å². The Bertz CT molecular complexity index is 596. The zero-order valence-electron chi connectivity index (χ0n) is 11.2. The van der Waals surface area contributed by atoms with E-state index >= 15 is 0 Å². The van der Waals surface area contributed by atoms with Crippen LogP contribution in [-0.2, 0) is 0 Å². The Balaban J connectivity index is 1.95. The summed E-state index contributed by atoms with van der Waals surface area (Å²) < 4.78 is 13.9. The summed E-state index contributed by atoms with van der Waals surface area (Å²) in [7, 11) is 0. The fourth-order valence-corrected chi connectivity index (χ4v) is 2.72. The molecule has 3 nitrogen and oxygen atoms in total. The number of hydrogen-bond donors (Lipinski definition) is 2. The van der Waals surface area contributed by atoms with Gasteiger partial charge in [-0.05, 0) is 36.0 Å². The quantitative estimate of drug-likeness (QED) is 0.664. The maximum Gasteiger partial charge on any atom is 0.146 e. The van der Waals surface area contributed by atoms with Gasteiger partial charge in [-0.25, -0.2) is 9.82 Å². The SMILES string of the molecule is NNC(c1cccc(C2CCC2)c1)c1ccncc1F. The minimum atomic E-state index is -0.349. The van der Waals surface area contributed by atoms with Gasteiger partial charge in [-0.3, -0.25) is 10.8 Å². The van der Waals surface area contributed by atoms with Crippen LogP contribution in [0.1, 0.15) is 47.9 Å². The van der Waals surface area contributed by atoms with E-state index in [0.29, 0.717) is 11.5 Å². The van der Waals surface area contributed by atoms with Gasteiger partial charge in [0.2, 0.25) is 0 Å². The number of nitrogens with one attached hydrogen (secondary N) is 1. The van der Waals surface area contributed by atoms with E-state index in [9.17, 15) is 4.39 Å². The molecule has 1 aromatic carbocycles. The molecular formula is C16H18FN3. The van der Waals surface area contributed by atoms with E-state index in [1.807, 2.05) is 12.1 Å². The van der Waals surface area contributed by atoms with E-state index in [2.05, 4.69) is 22.5 Å². The van der Waals surface area contributed by atoms with Crippen molar-refractivity contribution in [3.05, 3.63) is 65.2 Å². The second-order valence-electron chi connectivity index (χ2n) is 5.29. The van der Waals surface area contributed by atoms with Gasteiger partial charge in [0.1, 0.15) is 5.82 Å². The average molecular weight is 271 g/mol. The van der Waals surface area contributed by atoms with Gasteiger partial charge >= 0.3 is 0 Å². The zero-order valence-corrected chi connectivity index (χ0v) is 11.2. The summed E-state index contributed by atoms with van der Waals surface area (Å²) in [5, 5.41) is 0. The number of rotatable bonds is 4. The van der Waals surface area contributed by atoms with Crippen LogP contribution in [0.2, 0.25) is 0 Å². The molecule has 0 saturated heterocycles. The van der Waals surface area contributed by atoms with Crippen LogP contribution in [0.15, 0.2) is 42.7 Å². The molecule has 1 aliphatic rings. The molecular weight excluding hydrogens is 253 g/mol. The summed E-state index contributed by atoms with van der Waals surface area (Å²) in [5.74, 6) is 5.95. The predicted molar refractivity (Wildman–Crippen MR) is 76.4 cm³/mol. The van der Waals surface area contributed by atoms with E-state index in [0.717, 1.165) is 5.56 Å². The third-order valence-corrected chi connectivity index (χ3v) is 4.10. The second-order valence-corrected chi connectivity index (χ2v) is 5.29. The fourth-order valence-electron chi connectivity index (χ4n) is 2.72. The number of halogens is 1. The molecule has 1 saturated carbocycles. The number of hydrogen-bond acceptors (Lipinski definition) is 3. The Morgan fingerprint density at radius 3 is 2.80 bits per heavy atom. The first-order valence-corrected chi connectivity index (χ1v) is 6.95. The van der Waals surface area contributed by atoms with Gasteiger partial charge < -0.3 is 0 Å². The van der Waals surface area contributed by atoms with Crippen LogP contribution < -0.4 is 11.3 Å². The van der Waals surface area contributed by atoms with Crippen LogP contribution >= 0.6 is 0 Å². The Morgan fingerprint density at radius 2 is 2.15 bits per heavy atom. The number of nitrogens with two attached hydrogens (primary N) is 1. The summed E-state index contributed by atoms with van der Waals surface area (Å²) in [4.78, 5) is 3.78. The van der Waals surface area contributed by atoms with Crippen LogP contribution in [-0.4, -0.2) is 4.98 Å². The highest BCUT2D eigenvalue weighted by Gasteiger charge is 2.22. The minimum Gasteiger partial charge on any atom is -0.271 e. The third-order valence-electron chi connectivity index (χ3n) is 4.10. The van der Waals surface area contributed by atoms with Gasteiger partial charge in [0.05, 0.1) is 12.2 Å². The maximum atomic E-state index is 13.9. The molecule has 3 N–H and O–H groups in total. The van der Waals surface area contributed by atoms with E-state index < -0.39 is 0 Å². The van der Waals surface area contributed by atoms with E-state index in [1.54, 1.807) is 12.3 Å². The van der Waals surface area contributed by atoms with Crippen molar-refractivity contribution in [2.75, 3.05) is 0 Å². The molecule has 1 aliphatic carbocycles. The van der Waals surface area contributed by atoms with Gasteiger partial charge in [-0.2, -0.15) is 0 Å². The molecule has 4 heteroatoms. The Labute approximate surface area is 118 Å². The number of pyridine rings is 1. The molecule has 0 spiro atoms. The highest BCUT2D eigenvalue weighted by molar-refractivity contribution is 5.35. The van der Waals surface area contributed by atoms with Crippen molar-refractivity contribution in [1.82, 2.24) is 10.4 Å². The van der Waals surface area contributed by atoms with Gasteiger partial charge in [0.15, 0.2) is 0 Å². The lowest BCUT2D eigenvalue weighted by molar-refractivity contribution is 0.419. The number of hydrazine groups is 1. The summed E-state index contributed by atoms with van der Waals surface area (Å²) in [6.07, 6.45) is 6.59. The normalized spacial score (nSPS) is 16.7. The summed E-state index contributed by atoms with van der Waals surface area (Å²) in [6, 6.07) is 9.59. The topological polar surface area (TPSA) is 50.9 Å². The first-order chi connectivity index (χ1) is 9.79. The van der Waals surface area contributed by atoms with E-state index in [4.69, 9.17) is 5.84 Å². The van der Waals surface area contributed by atoms with E-state index in [1.165, 1.54) is 31.0 Å². The lowest BCUT2D eigenvalue weighted by Crippen LogP contribution is -2.29. The van der Waals surface area contributed by atoms with Crippen molar-refractivity contribution in [1.29, 1.82) is 0 Å². The van der Waals surface area contributed by atoms with E-state index in [-0.39, 0.29) is 11.9 Å². The lowest BCUT2D eigenvalue weighted by atomic mass is 9.79. The third kappa shape index (κ3) is 2.44. The first kappa shape index (κ1) is 13.2. The number of nitrogens with zero attached hydrogens (tertiary/aromatic N) is 1. The van der Waals surface area contributed by atoms with Crippen LogP contribution in [0, 0.1) is 5.82 Å². The molecule has 0 aliphatic heterocycles. The van der Waals surface area contributed by atoms with Crippen molar-refractivity contribution < 1.29 is 4.39 Å². The minimum absolute atomic E-state index is 0.343. The Kier molecular flexibility index (Phi) is 3.76. The Morgan fingerprint density at radius 1 is 1.30 bits per heavy atom. The number of aromatic nitrogens is 1. The molecule has 2 aromatic rings. The van der Waals surface area contributed by atoms with Crippen molar-refractivity contribution in [2.45, 2.75) is 31.2 Å². The monoisotopic (exact) mass is 271 g/mol. The zero-order chi connectivity index (χ0) is 13.9. The molecule has 20 heavy (non-hydrogen) atoms. The maximum absolute atomic E-state index is 13.9. The average Bonchev–Trinajstić information content (AvgIpc) is 2.40. The predicted octanol–water partition coefficient (Wildman–Crippen LogP) is 3.04. The first-order valence-electron chi connectivity index (χ1n) is 6.95. The smallest absolute Gasteiger partial charge is 0.146 e. The van der Waals surface area contributed by atoms with Crippen molar-refractivity contribution in [3.63, 3.8) is 0 Å². The molecule has 1 unspecified atom stereocenters. The number of benzene rings is 1. The summed E-state index contributed by atoms with van der Waals surface area (Å²) in [5.41, 5.74) is 5.54. The molecule has 0 radical (unpaired) electrons. The molecule has 1 fully saturated rings. The molecule has 1 heterocycles. The Hall–Kier alpha value is -1.78. The highest BCUT2D eigenvalue weighted by Crippen LogP contribution is 2.37. The van der Waals surface area contributed by atoms with Crippen LogP contribution in [0.4, 0.5) is 4.39 Å². The van der Waals surface area contributed by atoms with Gasteiger partial charge in [-0.1, -0.05) is 30.7 Å². The molecule has 0 amide bonds. The largest absolute Gasteiger partial charge is 0.271 e. The summed E-state index contributed by atoms with van der Waals surface area (Å²) >= 11 is 0. The lowest BCUT2D eigenvalue weighted by Gasteiger charge is -2.27. The van der Waals surface area contributed by atoms with Gasteiger partial charge in [0.25, 0.3) is 0 Å². The molecule has 1 aromatic heterocycles. The van der Waals surface area contributed by atoms with Crippen molar-refractivity contribution in [2.24, 2.45) is 5.84 Å². The van der Waals surface area contributed by atoms with Crippen LogP contribution in [0.5, 0.6) is 0 Å². The fraction of sp³-hybridized carbons (Fsp3) is 0.312. The van der Waals surface area contributed by atoms with Crippen molar-refractivity contribution >= 4 is 0 Å². The second kappa shape index (κ2) is 5.69. The summed E-state index contributed by atoms with van der Waals surface area (Å²) in [6.45, 7) is 0. The molecule has 0 bridgehead atoms. The van der Waals surface area contributed by atoms with Crippen LogP contribution in [0.3, 0.4) is 0 Å². The van der Waals surface area contributed by atoms with Gasteiger partial charge in [0, 0.05) is 11.8 Å². The molecule has 1 atom stereocenters. The highest BCUT2D eigenvalue weighted by atomic mass is 19.1. The standard InChI is InChI=1S/C16H18FN3/c17-15-10-19-8-7-14(15)16(20-18)13-6-2-5-12(9-13)11-3-1-4-11/h2,5-11,16,20H,1,3-4,18H2. The molecule has 3 rings (SSSR count). The van der Waals surface area contributed by atoms with Crippen molar-refractivity contribution in [3.8, 4) is 0 Å². The molecule has 104 valence electrons. The van der Waals surface area contributed by atoms with Gasteiger partial charge in [-0.15, -0.1) is 0 Å².